The van der Waals surface area contributed by atoms with Crippen LogP contribution >= 0.6 is 15.9 Å². The van der Waals surface area contributed by atoms with Crippen LogP contribution in [0.3, 0.4) is 0 Å². The van der Waals surface area contributed by atoms with Crippen LogP contribution < -0.4 is 5.73 Å². The quantitative estimate of drug-likeness (QED) is 0.396. The van der Waals surface area contributed by atoms with Crippen molar-refractivity contribution in [2.45, 2.75) is 43.7 Å². The van der Waals surface area contributed by atoms with Gasteiger partial charge >= 0.3 is 0 Å². The maximum atomic E-state index is 9.80. The number of anilines is 1. The molecule has 1 saturated heterocycles. The van der Waals surface area contributed by atoms with E-state index in [1.165, 1.54) is 6.33 Å². The molecule has 35 heavy (non-hydrogen) atoms. The minimum Gasteiger partial charge on any atom is -0.393 e. The van der Waals surface area contributed by atoms with Gasteiger partial charge in [-0.1, -0.05) is 28.1 Å². The van der Waals surface area contributed by atoms with E-state index in [1.54, 1.807) is 0 Å². The number of aliphatic hydroxyl groups is 1. The number of aliphatic hydroxyl groups excluding tert-OH is 1. The molecule has 1 unspecified atom stereocenters. The molecule has 178 valence electrons. The minimum atomic E-state index is -0.622. The van der Waals surface area contributed by atoms with Crippen molar-refractivity contribution in [3.8, 4) is 22.5 Å². The zero-order valence-electron chi connectivity index (χ0n) is 18.8. The number of fused-ring (bicyclic) bond motifs is 1. The lowest BCUT2D eigenvalue weighted by atomic mass is 9.92. The van der Waals surface area contributed by atoms with Gasteiger partial charge in [-0.2, -0.15) is 5.10 Å². The Labute approximate surface area is 209 Å². The first kappa shape index (κ1) is 22.4. The van der Waals surface area contributed by atoms with Gasteiger partial charge in [0.05, 0.1) is 29.5 Å². The Kier molecular flexibility index (Phi) is 5.68. The molecule has 1 aliphatic heterocycles. The first-order chi connectivity index (χ1) is 17.0. The number of halogens is 1. The van der Waals surface area contributed by atoms with E-state index in [0.29, 0.717) is 66.2 Å². The molecule has 1 atom stereocenters. The van der Waals surface area contributed by atoms with Gasteiger partial charge in [0.25, 0.3) is 0 Å². The van der Waals surface area contributed by atoms with Gasteiger partial charge in [0, 0.05) is 17.3 Å². The van der Waals surface area contributed by atoms with Crippen LogP contribution in [0.25, 0.3) is 33.5 Å². The highest BCUT2D eigenvalue weighted by atomic mass is 79.9. The highest BCUT2D eigenvalue weighted by Gasteiger charge is 2.44. The number of nitrogens with zero attached hydrogens (tertiary/aromatic N) is 5. The normalized spacial score (nSPS) is 24.3. The summed E-state index contributed by atoms with van der Waals surface area (Å²) in [5.41, 5.74) is 10.5. The Morgan fingerprint density at radius 2 is 1.89 bits per heavy atom. The number of ether oxygens (including phenoxy) is 2. The zero-order valence-corrected chi connectivity index (χ0v) is 20.4. The fraction of sp³-hybridized carbons (Fsp3) is 0.320. The third kappa shape index (κ3) is 4.27. The SMILES string of the molecule is Nc1ncnc2nc(-c3ccc(C4COC5(CCC(O)CC5)O4)nn3)cc(-c3cccc(Br)c3)c12. The third-order valence-corrected chi connectivity index (χ3v) is 7.11. The van der Waals surface area contributed by atoms with Crippen LogP contribution in [0.15, 0.2) is 53.3 Å². The second-order valence-electron chi connectivity index (χ2n) is 8.93. The van der Waals surface area contributed by atoms with Crippen LogP contribution in [0.1, 0.15) is 37.5 Å². The average molecular weight is 535 g/mol. The van der Waals surface area contributed by atoms with E-state index in [1.807, 2.05) is 42.5 Å². The summed E-state index contributed by atoms with van der Waals surface area (Å²) >= 11 is 3.54. The van der Waals surface area contributed by atoms with Crippen molar-refractivity contribution in [1.29, 1.82) is 0 Å². The lowest BCUT2D eigenvalue weighted by molar-refractivity contribution is -0.198. The van der Waals surface area contributed by atoms with Crippen LogP contribution in [0.5, 0.6) is 0 Å². The van der Waals surface area contributed by atoms with Gasteiger partial charge in [0.15, 0.2) is 11.4 Å². The summed E-state index contributed by atoms with van der Waals surface area (Å²) in [5.74, 6) is -0.254. The van der Waals surface area contributed by atoms with Crippen LogP contribution in [-0.4, -0.2) is 48.8 Å². The number of rotatable bonds is 3. The molecule has 9 nitrogen and oxygen atoms in total. The molecule has 4 heterocycles. The van der Waals surface area contributed by atoms with E-state index < -0.39 is 5.79 Å². The fourth-order valence-corrected chi connectivity index (χ4v) is 5.16. The summed E-state index contributed by atoms with van der Waals surface area (Å²) in [4.78, 5) is 13.2. The van der Waals surface area contributed by atoms with Crippen LogP contribution in [0.2, 0.25) is 0 Å². The van der Waals surface area contributed by atoms with E-state index >= 15 is 0 Å². The van der Waals surface area contributed by atoms with E-state index in [2.05, 4.69) is 36.1 Å². The Bertz CT molecular complexity index is 1390. The molecule has 3 N–H and O–H groups in total. The van der Waals surface area contributed by atoms with Gasteiger partial charge in [-0.3, -0.25) is 0 Å². The number of nitrogen functional groups attached to an aromatic ring is 1. The molecule has 1 spiro atoms. The van der Waals surface area contributed by atoms with E-state index in [9.17, 15) is 5.11 Å². The van der Waals surface area contributed by atoms with Gasteiger partial charge in [-0.25, -0.2) is 15.0 Å². The number of pyridine rings is 1. The molecule has 1 aliphatic carbocycles. The van der Waals surface area contributed by atoms with Crippen molar-refractivity contribution in [1.82, 2.24) is 25.1 Å². The number of benzene rings is 1. The summed E-state index contributed by atoms with van der Waals surface area (Å²) in [6.45, 7) is 0.418. The fourth-order valence-electron chi connectivity index (χ4n) is 4.76. The molecular formula is C25H23BrN6O3. The smallest absolute Gasteiger partial charge is 0.169 e. The first-order valence-corrected chi connectivity index (χ1v) is 12.3. The minimum absolute atomic E-state index is 0.275. The van der Waals surface area contributed by atoms with Crippen molar-refractivity contribution >= 4 is 32.8 Å². The van der Waals surface area contributed by atoms with Crippen LogP contribution in [0.4, 0.5) is 5.82 Å². The molecule has 4 aromatic rings. The molecular weight excluding hydrogens is 512 g/mol. The number of aromatic nitrogens is 5. The van der Waals surface area contributed by atoms with Crippen molar-refractivity contribution in [3.05, 3.63) is 59.0 Å². The highest BCUT2D eigenvalue weighted by Crippen LogP contribution is 2.42. The summed E-state index contributed by atoms with van der Waals surface area (Å²) in [6, 6.07) is 13.6. The molecule has 0 radical (unpaired) electrons. The topological polar surface area (TPSA) is 129 Å². The largest absolute Gasteiger partial charge is 0.393 e. The van der Waals surface area contributed by atoms with Gasteiger partial charge in [0.1, 0.15) is 23.9 Å². The zero-order chi connectivity index (χ0) is 24.0. The van der Waals surface area contributed by atoms with Crippen LogP contribution in [0, 0.1) is 0 Å². The molecule has 2 fully saturated rings. The Morgan fingerprint density at radius 3 is 2.66 bits per heavy atom. The predicted molar refractivity (Wildman–Crippen MR) is 133 cm³/mol. The van der Waals surface area contributed by atoms with E-state index in [0.717, 1.165) is 15.6 Å². The van der Waals surface area contributed by atoms with Crippen molar-refractivity contribution in [2.75, 3.05) is 12.3 Å². The average Bonchev–Trinajstić information content (AvgIpc) is 3.29. The number of hydrogen-bond acceptors (Lipinski definition) is 9. The first-order valence-electron chi connectivity index (χ1n) is 11.5. The molecule has 1 aromatic carbocycles. The third-order valence-electron chi connectivity index (χ3n) is 6.62. The summed E-state index contributed by atoms with van der Waals surface area (Å²) in [5, 5.41) is 19.4. The van der Waals surface area contributed by atoms with E-state index in [4.69, 9.17) is 20.2 Å². The van der Waals surface area contributed by atoms with Gasteiger partial charge in [-0.05, 0) is 54.3 Å². The second-order valence-corrected chi connectivity index (χ2v) is 9.84. The summed E-state index contributed by atoms with van der Waals surface area (Å²) < 4.78 is 13.2. The maximum absolute atomic E-state index is 9.80. The monoisotopic (exact) mass is 534 g/mol. The molecule has 6 rings (SSSR count). The maximum Gasteiger partial charge on any atom is 0.169 e. The van der Waals surface area contributed by atoms with Crippen molar-refractivity contribution in [2.24, 2.45) is 0 Å². The van der Waals surface area contributed by atoms with Gasteiger partial charge < -0.3 is 20.3 Å². The molecule has 0 bridgehead atoms. The molecule has 10 heteroatoms. The van der Waals surface area contributed by atoms with Gasteiger partial charge in [-0.15, -0.1) is 5.10 Å². The standard InChI is InChI=1S/C25H23BrN6O3/c26-15-3-1-2-14(10-15)17-11-20(30-24-22(17)23(27)28-13-29-24)18-4-5-19(32-31-18)21-12-34-25(35-21)8-6-16(33)7-9-25/h1-5,10-11,13,16,21,33H,6-9,12H2,(H2,27,28,29,30). The number of nitrogens with two attached hydrogens (primary N) is 1. The lowest BCUT2D eigenvalue weighted by Gasteiger charge is -2.33. The summed E-state index contributed by atoms with van der Waals surface area (Å²) in [7, 11) is 0. The summed E-state index contributed by atoms with van der Waals surface area (Å²) in [6.07, 6.45) is 3.56. The van der Waals surface area contributed by atoms with Crippen molar-refractivity contribution < 1.29 is 14.6 Å². The molecule has 1 saturated carbocycles. The lowest BCUT2D eigenvalue weighted by Crippen LogP contribution is -2.36. The molecule has 0 amide bonds. The van der Waals surface area contributed by atoms with Gasteiger partial charge in [0.2, 0.25) is 0 Å². The Morgan fingerprint density at radius 1 is 1.03 bits per heavy atom. The van der Waals surface area contributed by atoms with E-state index in [-0.39, 0.29) is 12.2 Å². The Balaban J connectivity index is 1.33. The second kappa shape index (κ2) is 8.87. The molecule has 3 aromatic heterocycles. The molecule has 2 aliphatic rings. The number of hydrogen-bond donors (Lipinski definition) is 2. The highest BCUT2D eigenvalue weighted by molar-refractivity contribution is 9.10. The Hall–Kier alpha value is -3.05. The van der Waals surface area contributed by atoms with Crippen molar-refractivity contribution in [3.63, 3.8) is 0 Å². The van der Waals surface area contributed by atoms with Crippen LogP contribution in [-0.2, 0) is 9.47 Å². The predicted octanol–water partition coefficient (Wildman–Crippen LogP) is 4.21.